The van der Waals surface area contributed by atoms with Crippen LogP contribution in [-0.4, -0.2) is 17.1 Å². The average molecular weight is 445 g/mol. The molecule has 2 aromatic carbocycles. The number of aromatic nitrogens is 1. The first-order valence-corrected chi connectivity index (χ1v) is 11.1. The van der Waals surface area contributed by atoms with Gasteiger partial charge in [0.05, 0.1) is 34.7 Å². The Balaban J connectivity index is 1.83. The van der Waals surface area contributed by atoms with Crippen molar-refractivity contribution in [2.75, 3.05) is 6.61 Å². The van der Waals surface area contributed by atoms with E-state index in [-0.39, 0.29) is 12.2 Å². The van der Waals surface area contributed by atoms with Crippen molar-refractivity contribution in [2.45, 2.75) is 19.9 Å². The zero-order valence-corrected chi connectivity index (χ0v) is 18.4. The Morgan fingerprint density at radius 1 is 1.19 bits per heavy atom. The minimum atomic E-state index is -0.643. The molecule has 5 rings (SSSR count). The predicted molar refractivity (Wildman–Crippen MR) is 123 cm³/mol. The second kappa shape index (κ2) is 8.09. The van der Waals surface area contributed by atoms with Crippen LogP contribution in [0.15, 0.2) is 86.3 Å². The lowest BCUT2D eigenvalue weighted by Crippen LogP contribution is -2.40. The first kappa shape index (κ1) is 20.2. The third-order valence-electron chi connectivity index (χ3n) is 5.45. The van der Waals surface area contributed by atoms with Crippen LogP contribution in [0.2, 0.25) is 0 Å². The van der Waals surface area contributed by atoms with Crippen molar-refractivity contribution >= 4 is 34.2 Å². The Kier molecular flexibility index (Phi) is 5.11. The summed E-state index contributed by atoms with van der Waals surface area (Å²) in [5.41, 5.74) is 1.55. The molecule has 1 aliphatic rings. The van der Waals surface area contributed by atoms with Crippen molar-refractivity contribution in [3.8, 4) is 0 Å². The third-order valence-corrected chi connectivity index (χ3v) is 6.43. The maximum Gasteiger partial charge on any atom is 0.338 e. The van der Waals surface area contributed by atoms with Gasteiger partial charge in [-0.2, -0.15) is 0 Å². The summed E-state index contributed by atoms with van der Waals surface area (Å²) in [5, 5.41) is 2.00. The number of carbonyl (C=O) groups excluding carboxylic acids is 1. The first-order chi connectivity index (χ1) is 15.6. The average Bonchev–Trinajstić information content (AvgIpc) is 3.41. The van der Waals surface area contributed by atoms with Gasteiger partial charge in [-0.25, -0.2) is 9.79 Å². The molecule has 1 atom stereocenters. The largest absolute Gasteiger partial charge is 0.465 e. The molecule has 1 aliphatic heterocycles. The minimum absolute atomic E-state index is 0.225. The molecule has 0 bridgehead atoms. The molecular weight excluding hydrogens is 424 g/mol. The normalized spacial score (nSPS) is 16.2. The number of esters is 1. The number of hydrogen-bond donors (Lipinski definition) is 0. The lowest BCUT2D eigenvalue weighted by Gasteiger charge is -2.25. The van der Waals surface area contributed by atoms with E-state index in [0.717, 1.165) is 16.3 Å². The number of thiazole rings is 1. The van der Waals surface area contributed by atoms with Gasteiger partial charge < -0.3 is 9.15 Å². The summed E-state index contributed by atoms with van der Waals surface area (Å²) in [6, 6.07) is 16.8. The van der Waals surface area contributed by atoms with Crippen molar-refractivity contribution in [3.05, 3.63) is 103 Å². The van der Waals surface area contributed by atoms with Crippen molar-refractivity contribution in [2.24, 2.45) is 4.99 Å². The van der Waals surface area contributed by atoms with Gasteiger partial charge >= 0.3 is 5.97 Å². The maximum absolute atomic E-state index is 13.6. The minimum Gasteiger partial charge on any atom is -0.465 e. The molecule has 0 amide bonds. The molecule has 4 aromatic rings. The van der Waals surface area contributed by atoms with Gasteiger partial charge in [0.2, 0.25) is 0 Å². The van der Waals surface area contributed by atoms with Gasteiger partial charge in [0.25, 0.3) is 5.56 Å². The smallest absolute Gasteiger partial charge is 0.338 e. The molecule has 0 aliphatic carbocycles. The quantitative estimate of drug-likeness (QED) is 0.451. The zero-order chi connectivity index (χ0) is 22.2. The summed E-state index contributed by atoms with van der Waals surface area (Å²) < 4.78 is 12.9. The number of rotatable bonds is 4. The van der Waals surface area contributed by atoms with E-state index in [4.69, 9.17) is 9.15 Å². The first-order valence-electron chi connectivity index (χ1n) is 10.3. The number of carbonyl (C=O) groups is 1. The molecule has 0 saturated carbocycles. The molecule has 0 fully saturated rings. The van der Waals surface area contributed by atoms with E-state index in [9.17, 15) is 9.59 Å². The molecule has 0 unspecified atom stereocenters. The molecule has 2 aromatic heterocycles. The summed E-state index contributed by atoms with van der Waals surface area (Å²) in [6.07, 6.45) is 3.26. The topological polar surface area (TPSA) is 73.8 Å². The maximum atomic E-state index is 13.6. The van der Waals surface area contributed by atoms with Gasteiger partial charge in [-0.05, 0) is 42.3 Å². The molecule has 7 heteroatoms. The Morgan fingerprint density at radius 3 is 2.78 bits per heavy atom. The third kappa shape index (κ3) is 3.31. The molecule has 32 heavy (non-hydrogen) atoms. The molecule has 0 radical (unpaired) electrons. The van der Waals surface area contributed by atoms with Crippen molar-refractivity contribution in [3.63, 3.8) is 0 Å². The van der Waals surface area contributed by atoms with Crippen LogP contribution in [0.4, 0.5) is 0 Å². The van der Waals surface area contributed by atoms with E-state index in [2.05, 4.69) is 4.99 Å². The molecule has 6 nitrogen and oxygen atoms in total. The highest BCUT2D eigenvalue weighted by Crippen LogP contribution is 2.34. The van der Waals surface area contributed by atoms with E-state index < -0.39 is 12.0 Å². The van der Waals surface area contributed by atoms with Crippen LogP contribution in [0.1, 0.15) is 31.2 Å². The monoisotopic (exact) mass is 444 g/mol. The highest BCUT2D eigenvalue weighted by Gasteiger charge is 2.34. The van der Waals surface area contributed by atoms with Crippen LogP contribution in [-0.2, 0) is 9.53 Å². The number of furan rings is 1. The zero-order valence-electron chi connectivity index (χ0n) is 17.6. The number of fused-ring (bicyclic) bond motifs is 2. The van der Waals surface area contributed by atoms with Crippen LogP contribution < -0.4 is 14.9 Å². The van der Waals surface area contributed by atoms with E-state index >= 15 is 0 Å². The van der Waals surface area contributed by atoms with Crippen LogP contribution >= 0.6 is 11.3 Å². The Morgan fingerprint density at radius 2 is 2.00 bits per heavy atom. The summed E-state index contributed by atoms with van der Waals surface area (Å²) >= 11 is 1.28. The lowest BCUT2D eigenvalue weighted by atomic mass is 9.91. The SMILES string of the molecule is CCOC(=O)C1=C(C)N=c2s/c(=C\c3ccco3)c(=O)n2[C@@H]1c1cccc2ccccc12. The summed E-state index contributed by atoms with van der Waals surface area (Å²) in [6.45, 7) is 3.79. The number of benzene rings is 2. The van der Waals surface area contributed by atoms with E-state index in [1.807, 2.05) is 42.5 Å². The molecule has 160 valence electrons. The van der Waals surface area contributed by atoms with Gasteiger partial charge in [-0.15, -0.1) is 0 Å². The van der Waals surface area contributed by atoms with Crippen LogP contribution in [0.5, 0.6) is 0 Å². The number of allylic oxidation sites excluding steroid dienone is 1. The van der Waals surface area contributed by atoms with Crippen LogP contribution in [0.3, 0.4) is 0 Å². The predicted octanol–water partition coefficient (Wildman–Crippen LogP) is 3.54. The fourth-order valence-electron chi connectivity index (χ4n) is 4.08. The van der Waals surface area contributed by atoms with E-state index in [0.29, 0.717) is 26.4 Å². The number of ether oxygens (including phenoxy) is 1. The second-order valence-electron chi connectivity index (χ2n) is 7.39. The van der Waals surface area contributed by atoms with Crippen LogP contribution in [0.25, 0.3) is 16.8 Å². The molecular formula is C25H20N2O4S. The standard InChI is InChI=1S/C25H20N2O4S/c1-3-30-24(29)21-15(2)26-25-27(23(28)20(32-25)14-17-10-7-13-31-17)22(21)19-12-6-9-16-8-4-5-11-18(16)19/h4-14,22H,3H2,1-2H3/b20-14-/t22-/m1/s1. The summed E-state index contributed by atoms with van der Waals surface area (Å²) in [4.78, 5) is 31.7. The molecule has 0 N–H and O–H groups in total. The Labute approximate surface area is 187 Å². The number of nitrogens with zero attached hydrogens (tertiary/aromatic N) is 2. The van der Waals surface area contributed by atoms with Gasteiger partial charge in [0, 0.05) is 6.08 Å². The van der Waals surface area contributed by atoms with Crippen LogP contribution in [0, 0.1) is 0 Å². The fraction of sp³-hybridized carbons (Fsp3) is 0.160. The number of hydrogen-bond acceptors (Lipinski definition) is 6. The summed E-state index contributed by atoms with van der Waals surface area (Å²) in [7, 11) is 0. The molecule has 0 spiro atoms. The Bertz CT molecular complexity index is 1540. The highest BCUT2D eigenvalue weighted by molar-refractivity contribution is 7.07. The van der Waals surface area contributed by atoms with E-state index in [1.54, 1.807) is 42.9 Å². The summed E-state index contributed by atoms with van der Waals surface area (Å²) in [5.74, 6) is 0.116. The van der Waals surface area contributed by atoms with E-state index in [1.165, 1.54) is 11.3 Å². The molecule has 3 heterocycles. The van der Waals surface area contributed by atoms with Crippen molar-refractivity contribution in [1.29, 1.82) is 0 Å². The fourth-order valence-corrected chi connectivity index (χ4v) is 5.10. The van der Waals surface area contributed by atoms with Gasteiger partial charge in [-0.3, -0.25) is 9.36 Å². The van der Waals surface area contributed by atoms with Gasteiger partial charge in [0.15, 0.2) is 4.80 Å². The second-order valence-corrected chi connectivity index (χ2v) is 8.40. The molecule has 0 saturated heterocycles. The highest BCUT2D eigenvalue weighted by atomic mass is 32.1. The Hall–Kier alpha value is -3.71. The van der Waals surface area contributed by atoms with Crippen molar-refractivity contribution < 1.29 is 13.9 Å². The van der Waals surface area contributed by atoms with Crippen molar-refractivity contribution in [1.82, 2.24) is 4.57 Å². The van der Waals surface area contributed by atoms with Gasteiger partial charge in [0.1, 0.15) is 5.76 Å². The van der Waals surface area contributed by atoms with Gasteiger partial charge in [-0.1, -0.05) is 53.8 Å². The lowest BCUT2D eigenvalue weighted by molar-refractivity contribution is -0.139.